The number of halogens is 1. The van der Waals surface area contributed by atoms with Crippen molar-refractivity contribution in [1.82, 2.24) is 15.5 Å². The van der Waals surface area contributed by atoms with Gasteiger partial charge in [0.25, 0.3) is 5.91 Å². The molecule has 136 valence electrons. The lowest BCUT2D eigenvalue weighted by Crippen LogP contribution is -2.24. The van der Waals surface area contributed by atoms with E-state index in [2.05, 4.69) is 26.9 Å². The number of allylic oxidation sites excluding steroid dienone is 1. The summed E-state index contributed by atoms with van der Waals surface area (Å²) in [6.45, 7) is 1.13. The van der Waals surface area contributed by atoms with Crippen molar-refractivity contribution >= 4 is 11.7 Å². The summed E-state index contributed by atoms with van der Waals surface area (Å²) < 4.78 is 12.9. The highest BCUT2D eigenvalue weighted by Gasteiger charge is 2.08. The third-order valence-corrected chi connectivity index (χ3v) is 4.40. The van der Waals surface area contributed by atoms with Gasteiger partial charge in [0.2, 0.25) is 0 Å². The second kappa shape index (κ2) is 9.08. The standard InChI is InChI=1S/C20H23FN4O/c21-17-8-6-16(7-9-17)14-23-20(26)18-10-11-19(25-24-18)22-13-12-15-4-2-1-3-5-15/h4,6-11H,1-3,5,12-14H2,(H,22,25)(H,23,26). The Morgan fingerprint density at radius 3 is 2.62 bits per heavy atom. The van der Waals surface area contributed by atoms with Crippen molar-refractivity contribution in [1.29, 1.82) is 0 Å². The highest BCUT2D eigenvalue weighted by molar-refractivity contribution is 5.92. The van der Waals surface area contributed by atoms with Crippen LogP contribution in [-0.4, -0.2) is 22.6 Å². The zero-order valence-corrected chi connectivity index (χ0v) is 14.7. The number of rotatable bonds is 7. The second-order valence-electron chi connectivity index (χ2n) is 6.40. The van der Waals surface area contributed by atoms with Crippen LogP contribution in [0.15, 0.2) is 48.0 Å². The average molecular weight is 354 g/mol. The van der Waals surface area contributed by atoms with Crippen LogP contribution in [0, 0.1) is 5.82 Å². The minimum atomic E-state index is -0.305. The first kappa shape index (κ1) is 18.0. The molecule has 5 nitrogen and oxygen atoms in total. The van der Waals surface area contributed by atoms with Crippen LogP contribution in [0.5, 0.6) is 0 Å². The zero-order valence-electron chi connectivity index (χ0n) is 14.7. The molecule has 0 aliphatic heterocycles. The van der Waals surface area contributed by atoms with Gasteiger partial charge in [-0.15, -0.1) is 10.2 Å². The van der Waals surface area contributed by atoms with Crippen LogP contribution >= 0.6 is 0 Å². The molecule has 2 N–H and O–H groups in total. The summed E-state index contributed by atoms with van der Waals surface area (Å²) in [5, 5.41) is 14.0. The zero-order chi connectivity index (χ0) is 18.2. The number of hydrogen-bond acceptors (Lipinski definition) is 4. The molecule has 1 aliphatic rings. The van der Waals surface area contributed by atoms with Crippen molar-refractivity contribution in [3.8, 4) is 0 Å². The van der Waals surface area contributed by atoms with E-state index in [9.17, 15) is 9.18 Å². The SMILES string of the molecule is O=C(NCc1ccc(F)cc1)c1ccc(NCCC2=CCCCC2)nn1. The van der Waals surface area contributed by atoms with E-state index >= 15 is 0 Å². The van der Waals surface area contributed by atoms with E-state index in [1.807, 2.05) is 0 Å². The van der Waals surface area contributed by atoms with Crippen LogP contribution in [-0.2, 0) is 6.54 Å². The number of carbonyl (C=O) groups is 1. The predicted octanol–water partition coefficient (Wildman–Crippen LogP) is 3.85. The number of nitrogens with zero attached hydrogens (tertiary/aromatic N) is 2. The maximum absolute atomic E-state index is 12.9. The molecule has 1 heterocycles. The van der Waals surface area contributed by atoms with Crippen molar-refractivity contribution in [2.75, 3.05) is 11.9 Å². The van der Waals surface area contributed by atoms with E-state index in [0.717, 1.165) is 18.5 Å². The Hall–Kier alpha value is -2.76. The van der Waals surface area contributed by atoms with Gasteiger partial charge in [-0.3, -0.25) is 4.79 Å². The first-order valence-electron chi connectivity index (χ1n) is 8.99. The predicted molar refractivity (Wildman–Crippen MR) is 99.3 cm³/mol. The van der Waals surface area contributed by atoms with Crippen LogP contribution < -0.4 is 10.6 Å². The quantitative estimate of drug-likeness (QED) is 0.741. The molecular weight excluding hydrogens is 331 g/mol. The molecule has 6 heteroatoms. The molecule has 2 aromatic rings. The normalized spacial score (nSPS) is 13.8. The summed E-state index contributed by atoms with van der Waals surface area (Å²) in [7, 11) is 0. The number of aromatic nitrogens is 2. The molecule has 0 unspecified atom stereocenters. The molecule has 0 radical (unpaired) electrons. The highest BCUT2D eigenvalue weighted by Crippen LogP contribution is 2.19. The fourth-order valence-corrected chi connectivity index (χ4v) is 2.91. The minimum Gasteiger partial charge on any atom is -0.368 e. The van der Waals surface area contributed by atoms with E-state index in [1.165, 1.54) is 43.4 Å². The summed E-state index contributed by atoms with van der Waals surface area (Å²) in [4.78, 5) is 12.1. The molecule has 0 saturated heterocycles. The fraction of sp³-hybridized carbons (Fsp3) is 0.350. The minimum absolute atomic E-state index is 0.257. The number of nitrogens with one attached hydrogen (secondary N) is 2. The van der Waals surface area contributed by atoms with E-state index in [4.69, 9.17) is 0 Å². The average Bonchev–Trinajstić information content (AvgIpc) is 2.69. The Morgan fingerprint density at radius 1 is 1.08 bits per heavy atom. The van der Waals surface area contributed by atoms with Gasteiger partial charge in [-0.1, -0.05) is 23.8 Å². The van der Waals surface area contributed by atoms with E-state index in [1.54, 1.807) is 24.3 Å². The Bertz CT molecular complexity index is 756. The fourth-order valence-electron chi connectivity index (χ4n) is 2.91. The van der Waals surface area contributed by atoms with Gasteiger partial charge in [0.05, 0.1) is 0 Å². The third kappa shape index (κ3) is 5.37. The number of amides is 1. The van der Waals surface area contributed by atoms with Gasteiger partial charge in [0.15, 0.2) is 5.69 Å². The molecule has 0 fully saturated rings. The van der Waals surface area contributed by atoms with Crippen molar-refractivity contribution in [3.63, 3.8) is 0 Å². The molecule has 0 saturated carbocycles. The van der Waals surface area contributed by atoms with Gasteiger partial charge in [-0.05, 0) is 61.9 Å². The first-order chi connectivity index (χ1) is 12.7. The molecular formula is C20H23FN4O. The van der Waals surface area contributed by atoms with Crippen LogP contribution in [0.25, 0.3) is 0 Å². The smallest absolute Gasteiger partial charge is 0.272 e. The Morgan fingerprint density at radius 2 is 1.92 bits per heavy atom. The molecule has 1 aromatic carbocycles. The van der Waals surface area contributed by atoms with Gasteiger partial charge < -0.3 is 10.6 Å². The Balaban J connectivity index is 1.44. The molecule has 0 spiro atoms. The van der Waals surface area contributed by atoms with Gasteiger partial charge in [-0.2, -0.15) is 0 Å². The van der Waals surface area contributed by atoms with Crippen LogP contribution in [0.3, 0.4) is 0 Å². The topological polar surface area (TPSA) is 66.9 Å². The maximum atomic E-state index is 12.9. The van der Waals surface area contributed by atoms with Crippen molar-refractivity contribution in [2.45, 2.75) is 38.6 Å². The van der Waals surface area contributed by atoms with Crippen molar-refractivity contribution < 1.29 is 9.18 Å². The molecule has 1 amide bonds. The molecule has 26 heavy (non-hydrogen) atoms. The second-order valence-corrected chi connectivity index (χ2v) is 6.40. The highest BCUT2D eigenvalue weighted by atomic mass is 19.1. The lowest BCUT2D eigenvalue weighted by atomic mass is 9.97. The number of benzene rings is 1. The van der Waals surface area contributed by atoms with E-state index < -0.39 is 0 Å². The van der Waals surface area contributed by atoms with Gasteiger partial charge >= 0.3 is 0 Å². The maximum Gasteiger partial charge on any atom is 0.272 e. The summed E-state index contributed by atoms with van der Waals surface area (Å²) in [5.74, 6) is 0.0611. The van der Waals surface area contributed by atoms with Crippen LogP contribution in [0.4, 0.5) is 10.2 Å². The van der Waals surface area contributed by atoms with Crippen LogP contribution in [0.1, 0.15) is 48.2 Å². The molecule has 1 aliphatic carbocycles. The van der Waals surface area contributed by atoms with E-state index in [-0.39, 0.29) is 17.4 Å². The molecule has 0 bridgehead atoms. The lowest BCUT2D eigenvalue weighted by Gasteiger charge is -2.13. The third-order valence-electron chi connectivity index (χ3n) is 4.40. The number of anilines is 1. The largest absolute Gasteiger partial charge is 0.368 e. The number of carbonyl (C=O) groups excluding carboxylic acids is 1. The Kier molecular flexibility index (Phi) is 6.30. The molecule has 3 rings (SSSR count). The van der Waals surface area contributed by atoms with E-state index in [0.29, 0.717) is 12.4 Å². The monoisotopic (exact) mass is 354 g/mol. The Labute approximate surface area is 152 Å². The number of hydrogen-bond donors (Lipinski definition) is 2. The van der Waals surface area contributed by atoms with Gasteiger partial charge in [0.1, 0.15) is 11.6 Å². The lowest BCUT2D eigenvalue weighted by molar-refractivity contribution is 0.0945. The first-order valence-corrected chi connectivity index (χ1v) is 8.99. The van der Waals surface area contributed by atoms with Gasteiger partial charge in [-0.25, -0.2) is 4.39 Å². The van der Waals surface area contributed by atoms with Gasteiger partial charge in [0, 0.05) is 13.1 Å². The molecule has 0 atom stereocenters. The summed E-state index contributed by atoms with van der Waals surface area (Å²) >= 11 is 0. The summed E-state index contributed by atoms with van der Waals surface area (Å²) in [6, 6.07) is 9.41. The van der Waals surface area contributed by atoms with Crippen LogP contribution in [0.2, 0.25) is 0 Å². The van der Waals surface area contributed by atoms with Crippen molar-refractivity contribution in [3.05, 3.63) is 65.1 Å². The van der Waals surface area contributed by atoms with Crippen molar-refractivity contribution in [2.24, 2.45) is 0 Å². The molecule has 1 aromatic heterocycles. The summed E-state index contributed by atoms with van der Waals surface area (Å²) in [6.07, 6.45) is 8.32. The summed E-state index contributed by atoms with van der Waals surface area (Å²) in [5.41, 5.74) is 2.59.